The highest BCUT2D eigenvalue weighted by Crippen LogP contribution is 2.60. The lowest BCUT2D eigenvalue weighted by Gasteiger charge is -2.33. The van der Waals surface area contributed by atoms with E-state index in [1.807, 2.05) is 0 Å². The third-order valence-corrected chi connectivity index (χ3v) is 4.47. The van der Waals surface area contributed by atoms with Crippen LogP contribution in [-0.4, -0.2) is 12.3 Å². The van der Waals surface area contributed by atoms with Crippen LogP contribution in [0.15, 0.2) is 27.7 Å². The van der Waals surface area contributed by atoms with Crippen molar-refractivity contribution in [2.75, 3.05) is 0 Å². The largest absolute Gasteiger partial charge is 0.387 e. The normalized spacial score (nSPS) is 33.0. The molecule has 1 aliphatic carbocycles. The van der Waals surface area contributed by atoms with Crippen molar-refractivity contribution in [1.29, 1.82) is 0 Å². The van der Waals surface area contributed by atoms with Gasteiger partial charge in [0.25, 0.3) is 6.43 Å². The van der Waals surface area contributed by atoms with Crippen molar-refractivity contribution < 1.29 is 13.2 Å². The number of fused-ring (bicyclic) bond motifs is 1. The van der Waals surface area contributed by atoms with Gasteiger partial charge in [0.1, 0.15) is 5.82 Å². The first-order valence-electron chi connectivity index (χ1n) is 6.03. The number of nitrogens with zero attached hydrogens (tertiary/aromatic N) is 1. The Morgan fingerprint density at radius 1 is 1.42 bits per heavy atom. The molecule has 0 amide bonds. The van der Waals surface area contributed by atoms with Crippen molar-refractivity contribution in [3.8, 4) is 0 Å². The lowest BCUT2D eigenvalue weighted by molar-refractivity contribution is 0.0321. The maximum atomic E-state index is 14.0. The first kappa shape index (κ1) is 13.0. The number of halogens is 4. The maximum Gasteiger partial charge on any atom is 0.267 e. The van der Waals surface area contributed by atoms with Crippen LogP contribution in [0.25, 0.3) is 0 Å². The topological polar surface area (TPSA) is 38.4 Å². The number of amidine groups is 1. The Morgan fingerprint density at radius 2 is 2.16 bits per heavy atom. The molecule has 0 spiro atoms. The lowest BCUT2D eigenvalue weighted by atomic mass is 9.82. The van der Waals surface area contributed by atoms with E-state index < -0.39 is 17.8 Å². The van der Waals surface area contributed by atoms with Gasteiger partial charge in [0.15, 0.2) is 5.54 Å². The van der Waals surface area contributed by atoms with Gasteiger partial charge in [-0.3, -0.25) is 4.99 Å². The van der Waals surface area contributed by atoms with Gasteiger partial charge < -0.3 is 5.73 Å². The average molecular weight is 333 g/mol. The highest BCUT2D eigenvalue weighted by atomic mass is 79.9. The molecule has 1 saturated carbocycles. The molecule has 3 atom stereocenters. The van der Waals surface area contributed by atoms with E-state index in [-0.39, 0.29) is 23.2 Å². The molecule has 1 aromatic carbocycles. The molecule has 0 bridgehead atoms. The van der Waals surface area contributed by atoms with Gasteiger partial charge in [-0.1, -0.05) is 15.9 Å². The van der Waals surface area contributed by atoms with E-state index in [2.05, 4.69) is 20.9 Å². The summed E-state index contributed by atoms with van der Waals surface area (Å²) in [5.74, 6) is -0.681. The second-order valence-corrected chi connectivity index (χ2v) is 6.08. The molecule has 0 saturated heterocycles. The summed E-state index contributed by atoms with van der Waals surface area (Å²) in [4.78, 5) is 3.99. The molecule has 2 N–H and O–H groups in total. The van der Waals surface area contributed by atoms with Gasteiger partial charge in [0, 0.05) is 16.5 Å². The van der Waals surface area contributed by atoms with Crippen molar-refractivity contribution in [2.45, 2.75) is 24.8 Å². The summed E-state index contributed by atoms with van der Waals surface area (Å²) in [6, 6.07) is 4.05. The molecule has 6 heteroatoms. The van der Waals surface area contributed by atoms with E-state index in [4.69, 9.17) is 5.73 Å². The minimum Gasteiger partial charge on any atom is -0.387 e. The molecule has 1 aromatic rings. The van der Waals surface area contributed by atoms with Crippen LogP contribution in [0.4, 0.5) is 13.2 Å². The standard InChI is InChI=1S/C13H12BrF3N2/c14-7-1-2-10(15)9(5-7)13(12(16)17)8-3-6(8)4-11(18)19-13/h1-2,5-6,8,12H,3-4H2,(H2,18,19)/t6-,8-,13+/m0/s1. The van der Waals surface area contributed by atoms with Crippen LogP contribution in [0.5, 0.6) is 0 Å². The summed E-state index contributed by atoms with van der Waals surface area (Å²) in [5, 5.41) is 0. The number of rotatable bonds is 2. The first-order valence-corrected chi connectivity index (χ1v) is 6.82. The monoisotopic (exact) mass is 332 g/mol. The summed E-state index contributed by atoms with van der Waals surface area (Å²) in [6.45, 7) is 0. The predicted octanol–water partition coefficient (Wildman–Crippen LogP) is 3.45. The smallest absolute Gasteiger partial charge is 0.267 e. The minimum atomic E-state index is -2.77. The van der Waals surface area contributed by atoms with Crippen LogP contribution in [0.1, 0.15) is 18.4 Å². The van der Waals surface area contributed by atoms with Crippen molar-refractivity contribution in [3.63, 3.8) is 0 Å². The van der Waals surface area contributed by atoms with E-state index >= 15 is 0 Å². The predicted molar refractivity (Wildman–Crippen MR) is 69.6 cm³/mol. The van der Waals surface area contributed by atoms with Gasteiger partial charge in [-0.15, -0.1) is 0 Å². The summed E-state index contributed by atoms with van der Waals surface area (Å²) in [5.41, 5.74) is 3.79. The minimum absolute atomic E-state index is 0.0629. The van der Waals surface area contributed by atoms with Crippen LogP contribution in [0.2, 0.25) is 0 Å². The Hall–Kier alpha value is -1.04. The fraction of sp³-hybridized carbons (Fsp3) is 0.462. The van der Waals surface area contributed by atoms with Gasteiger partial charge >= 0.3 is 0 Å². The third kappa shape index (κ3) is 1.88. The highest BCUT2D eigenvalue weighted by Gasteiger charge is 2.62. The van der Waals surface area contributed by atoms with Crippen molar-refractivity contribution in [2.24, 2.45) is 22.6 Å². The molecular weight excluding hydrogens is 321 g/mol. The van der Waals surface area contributed by atoms with Gasteiger partial charge in [-0.2, -0.15) is 0 Å². The summed E-state index contributed by atoms with van der Waals surface area (Å²) in [7, 11) is 0. The second-order valence-electron chi connectivity index (χ2n) is 5.16. The van der Waals surface area contributed by atoms with Gasteiger partial charge in [-0.05, 0) is 36.5 Å². The molecule has 1 aliphatic heterocycles. The SMILES string of the molecule is NC1=N[C@](c2cc(Br)ccc2F)(C(F)F)[C@H]2C[C@H]2C1. The zero-order valence-electron chi connectivity index (χ0n) is 9.91. The number of nitrogens with two attached hydrogens (primary N) is 1. The fourth-order valence-corrected chi connectivity index (χ4v) is 3.40. The first-order chi connectivity index (χ1) is 8.95. The van der Waals surface area contributed by atoms with E-state index in [1.54, 1.807) is 0 Å². The molecule has 2 aliphatic rings. The highest BCUT2D eigenvalue weighted by molar-refractivity contribution is 9.10. The zero-order valence-corrected chi connectivity index (χ0v) is 11.5. The van der Waals surface area contributed by atoms with Crippen molar-refractivity contribution in [3.05, 3.63) is 34.1 Å². The quantitative estimate of drug-likeness (QED) is 0.885. The van der Waals surface area contributed by atoms with Crippen molar-refractivity contribution >= 4 is 21.8 Å². The lowest BCUT2D eigenvalue weighted by Crippen LogP contribution is -2.41. The Labute approximate surface area is 117 Å². The molecule has 1 heterocycles. The summed E-state index contributed by atoms with van der Waals surface area (Å²) in [6.07, 6.45) is -1.61. The molecule has 0 aromatic heterocycles. The zero-order chi connectivity index (χ0) is 13.8. The number of alkyl halides is 2. The fourth-order valence-electron chi connectivity index (χ4n) is 3.04. The Bertz CT molecular complexity index is 561. The van der Waals surface area contributed by atoms with Crippen LogP contribution < -0.4 is 5.73 Å². The van der Waals surface area contributed by atoms with Crippen molar-refractivity contribution in [1.82, 2.24) is 0 Å². The molecule has 1 fully saturated rings. The van der Waals surface area contributed by atoms with E-state index in [0.29, 0.717) is 17.3 Å². The van der Waals surface area contributed by atoms with Crippen LogP contribution in [0.3, 0.4) is 0 Å². The van der Waals surface area contributed by atoms with E-state index in [0.717, 1.165) is 0 Å². The number of hydrogen-bond donors (Lipinski definition) is 1. The van der Waals surface area contributed by atoms with Crippen LogP contribution in [-0.2, 0) is 5.54 Å². The van der Waals surface area contributed by atoms with Gasteiger partial charge in [-0.25, -0.2) is 13.2 Å². The van der Waals surface area contributed by atoms with E-state index in [9.17, 15) is 13.2 Å². The van der Waals surface area contributed by atoms with Crippen LogP contribution in [0, 0.1) is 17.7 Å². The summed E-state index contributed by atoms with van der Waals surface area (Å²) >= 11 is 3.19. The molecular formula is C13H12BrF3N2. The molecule has 102 valence electrons. The Balaban J connectivity index is 2.21. The second kappa shape index (κ2) is 4.23. The number of benzene rings is 1. The molecule has 0 unspecified atom stereocenters. The molecule has 2 nitrogen and oxygen atoms in total. The Morgan fingerprint density at radius 3 is 2.84 bits per heavy atom. The van der Waals surface area contributed by atoms with Crippen LogP contribution >= 0.6 is 15.9 Å². The molecule has 3 rings (SSSR count). The molecule has 0 radical (unpaired) electrons. The van der Waals surface area contributed by atoms with Gasteiger partial charge in [0.05, 0.1) is 5.84 Å². The molecule has 19 heavy (non-hydrogen) atoms. The maximum absolute atomic E-state index is 14.0. The number of hydrogen-bond acceptors (Lipinski definition) is 2. The Kier molecular flexibility index (Phi) is 2.89. The van der Waals surface area contributed by atoms with Gasteiger partial charge in [0.2, 0.25) is 0 Å². The van der Waals surface area contributed by atoms with E-state index in [1.165, 1.54) is 18.2 Å². The number of aliphatic imine (C=N–C) groups is 1. The average Bonchev–Trinajstić information content (AvgIpc) is 3.10. The third-order valence-electron chi connectivity index (χ3n) is 3.98. The summed E-state index contributed by atoms with van der Waals surface area (Å²) < 4.78 is 41.9.